The highest BCUT2D eigenvalue weighted by molar-refractivity contribution is 5.70. The Labute approximate surface area is 297 Å². The van der Waals surface area contributed by atoms with E-state index < -0.39 is 6.10 Å². The molecule has 0 amide bonds. The number of hydrogen-bond acceptors (Lipinski definition) is 5. The van der Waals surface area contributed by atoms with E-state index in [0.717, 1.165) is 64.2 Å². The molecule has 0 aliphatic heterocycles. The molecule has 278 valence electrons. The fourth-order valence-electron chi connectivity index (χ4n) is 5.50. The Morgan fingerprint density at radius 1 is 0.479 bits per heavy atom. The van der Waals surface area contributed by atoms with E-state index >= 15 is 0 Å². The highest BCUT2D eigenvalue weighted by Gasteiger charge is 2.16. The molecule has 0 heterocycles. The summed E-state index contributed by atoms with van der Waals surface area (Å²) in [5.74, 6) is -0.621. The SMILES string of the molecule is CCCCC/C=C\C/C=C\C/C=C\CCCCCCC(=O)O[C@@H](CO)COC(=O)CCCCCCCCC/C=C\CCCCCCCC. The summed E-state index contributed by atoms with van der Waals surface area (Å²) in [6.07, 6.45) is 48.8. The predicted octanol–water partition coefficient (Wildman–Crippen LogP) is 12.6. The fourth-order valence-corrected chi connectivity index (χ4v) is 5.50. The second kappa shape index (κ2) is 39.3. The van der Waals surface area contributed by atoms with Crippen LogP contribution >= 0.6 is 0 Å². The molecule has 1 N–H and O–H groups in total. The molecule has 0 bridgehead atoms. The van der Waals surface area contributed by atoms with Crippen LogP contribution in [0, 0.1) is 0 Å². The highest BCUT2D eigenvalue weighted by atomic mass is 16.6. The van der Waals surface area contributed by atoms with Crippen molar-refractivity contribution >= 4 is 11.9 Å². The van der Waals surface area contributed by atoms with Gasteiger partial charge in [0, 0.05) is 12.8 Å². The lowest BCUT2D eigenvalue weighted by Gasteiger charge is -2.15. The zero-order valence-corrected chi connectivity index (χ0v) is 31.5. The molecule has 0 fully saturated rings. The van der Waals surface area contributed by atoms with E-state index in [2.05, 4.69) is 62.5 Å². The lowest BCUT2D eigenvalue weighted by atomic mass is 10.1. The predicted molar refractivity (Wildman–Crippen MR) is 205 cm³/mol. The van der Waals surface area contributed by atoms with E-state index in [0.29, 0.717) is 12.8 Å². The molecular weight excluding hydrogens is 596 g/mol. The highest BCUT2D eigenvalue weighted by Crippen LogP contribution is 2.12. The van der Waals surface area contributed by atoms with Gasteiger partial charge in [0.05, 0.1) is 6.61 Å². The number of aliphatic hydroxyl groups excluding tert-OH is 1. The lowest BCUT2D eigenvalue weighted by Crippen LogP contribution is -2.28. The Morgan fingerprint density at radius 3 is 1.31 bits per heavy atom. The van der Waals surface area contributed by atoms with E-state index in [1.807, 2.05) is 0 Å². The summed E-state index contributed by atoms with van der Waals surface area (Å²) in [5, 5.41) is 9.55. The van der Waals surface area contributed by atoms with Crippen LogP contribution in [-0.4, -0.2) is 36.4 Å². The minimum atomic E-state index is -0.784. The summed E-state index contributed by atoms with van der Waals surface area (Å²) in [6, 6.07) is 0. The number of aliphatic hydroxyl groups is 1. The maximum absolute atomic E-state index is 12.2. The van der Waals surface area contributed by atoms with Gasteiger partial charge in [0.1, 0.15) is 6.61 Å². The molecule has 0 aromatic rings. The van der Waals surface area contributed by atoms with Gasteiger partial charge < -0.3 is 14.6 Å². The maximum atomic E-state index is 12.2. The van der Waals surface area contributed by atoms with Crippen LogP contribution in [0.3, 0.4) is 0 Å². The normalized spacial score (nSPS) is 12.6. The fraction of sp³-hybridized carbons (Fsp3) is 0.767. The summed E-state index contributed by atoms with van der Waals surface area (Å²) in [7, 11) is 0. The molecule has 0 spiro atoms. The molecule has 0 aliphatic rings. The van der Waals surface area contributed by atoms with Crippen molar-refractivity contribution in [1.82, 2.24) is 0 Å². The molecule has 0 aromatic heterocycles. The topological polar surface area (TPSA) is 72.8 Å². The summed E-state index contributed by atoms with van der Waals surface area (Å²) in [4.78, 5) is 24.3. The number of rotatable bonds is 36. The smallest absolute Gasteiger partial charge is 0.306 e. The van der Waals surface area contributed by atoms with Crippen molar-refractivity contribution in [2.75, 3.05) is 13.2 Å². The summed E-state index contributed by atoms with van der Waals surface area (Å²) >= 11 is 0. The molecule has 1 atom stereocenters. The average molecular weight is 673 g/mol. The first-order valence-corrected chi connectivity index (χ1v) is 20.2. The van der Waals surface area contributed by atoms with Crippen molar-refractivity contribution in [3.8, 4) is 0 Å². The Bertz CT molecular complexity index is 812. The first-order chi connectivity index (χ1) is 23.6. The molecule has 48 heavy (non-hydrogen) atoms. The number of allylic oxidation sites excluding steroid dienone is 8. The van der Waals surface area contributed by atoms with Crippen LogP contribution in [-0.2, 0) is 19.1 Å². The van der Waals surface area contributed by atoms with E-state index in [4.69, 9.17) is 9.47 Å². The molecular formula is C43H76O5. The van der Waals surface area contributed by atoms with E-state index in [-0.39, 0.29) is 25.2 Å². The van der Waals surface area contributed by atoms with Gasteiger partial charge in [-0.15, -0.1) is 0 Å². The minimum absolute atomic E-state index is 0.0776. The average Bonchev–Trinajstić information content (AvgIpc) is 3.09. The van der Waals surface area contributed by atoms with Crippen LogP contribution in [0.15, 0.2) is 48.6 Å². The standard InChI is InChI=1S/C43H76O5/c1-3-5-7-9-11-13-15-17-19-21-23-25-27-29-31-33-35-37-42(45)47-40-41(39-44)48-43(46)38-36-34-32-30-28-26-24-22-20-18-16-14-12-10-8-6-4-2/h12,14,17-20,24,26,41,44H,3-11,13,15-16,21-23,25,27-40H2,1-2H3/b14-12-,19-17-,20-18-,26-24-/t41-/m0/s1. The van der Waals surface area contributed by atoms with Crippen LogP contribution in [0.5, 0.6) is 0 Å². The number of esters is 2. The van der Waals surface area contributed by atoms with E-state index in [1.165, 1.54) is 103 Å². The van der Waals surface area contributed by atoms with Gasteiger partial charge in [-0.05, 0) is 77.0 Å². The van der Waals surface area contributed by atoms with Crippen molar-refractivity contribution in [3.63, 3.8) is 0 Å². The van der Waals surface area contributed by atoms with Crippen LogP contribution in [0.1, 0.15) is 194 Å². The summed E-state index contributed by atoms with van der Waals surface area (Å²) in [6.45, 7) is 4.08. The van der Waals surface area contributed by atoms with Gasteiger partial charge in [-0.2, -0.15) is 0 Å². The number of carbonyl (C=O) groups excluding carboxylic acids is 2. The van der Waals surface area contributed by atoms with Crippen molar-refractivity contribution < 1.29 is 24.2 Å². The van der Waals surface area contributed by atoms with E-state index in [1.54, 1.807) is 0 Å². The van der Waals surface area contributed by atoms with Crippen LogP contribution in [0.25, 0.3) is 0 Å². The molecule has 0 aliphatic carbocycles. The van der Waals surface area contributed by atoms with Crippen molar-refractivity contribution in [2.45, 2.75) is 200 Å². The lowest BCUT2D eigenvalue weighted by molar-refractivity contribution is -0.161. The van der Waals surface area contributed by atoms with Gasteiger partial charge in [-0.1, -0.05) is 152 Å². The van der Waals surface area contributed by atoms with Gasteiger partial charge in [0.2, 0.25) is 0 Å². The van der Waals surface area contributed by atoms with Crippen LogP contribution < -0.4 is 0 Å². The molecule has 0 rings (SSSR count). The summed E-state index contributed by atoms with van der Waals surface area (Å²) < 4.78 is 10.6. The number of unbranched alkanes of at least 4 members (excludes halogenated alkanes) is 20. The number of ether oxygens (including phenoxy) is 2. The molecule has 5 heteroatoms. The molecule has 0 saturated heterocycles. The Hall–Kier alpha value is -2.14. The molecule has 0 aromatic carbocycles. The van der Waals surface area contributed by atoms with Gasteiger partial charge in [0.15, 0.2) is 6.10 Å². The van der Waals surface area contributed by atoms with Crippen LogP contribution in [0.4, 0.5) is 0 Å². The van der Waals surface area contributed by atoms with Gasteiger partial charge in [-0.25, -0.2) is 0 Å². The minimum Gasteiger partial charge on any atom is -0.462 e. The molecule has 0 saturated carbocycles. The third kappa shape index (κ3) is 36.7. The second-order valence-corrected chi connectivity index (χ2v) is 13.4. The third-order valence-electron chi connectivity index (χ3n) is 8.60. The Balaban J connectivity index is 3.61. The summed E-state index contributed by atoms with van der Waals surface area (Å²) in [5.41, 5.74) is 0. The Morgan fingerprint density at radius 2 is 0.833 bits per heavy atom. The maximum Gasteiger partial charge on any atom is 0.306 e. The second-order valence-electron chi connectivity index (χ2n) is 13.4. The van der Waals surface area contributed by atoms with Crippen molar-refractivity contribution in [3.05, 3.63) is 48.6 Å². The third-order valence-corrected chi connectivity index (χ3v) is 8.60. The number of hydrogen-bond donors (Lipinski definition) is 1. The van der Waals surface area contributed by atoms with Gasteiger partial charge >= 0.3 is 11.9 Å². The van der Waals surface area contributed by atoms with Gasteiger partial charge in [0.25, 0.3) is 0 Å². The van der Waals surface area contributed by atoms with Crippen molar-refractivity contribution in [1.29, 1.82) is 0 Å². The molecule has 0 radical (unpaired) electrons. The Kier molecular flexibility index (Phi) is 37.5. The van der Waals surface area contributed by atoms with E-state index in [9.17, 15) is 14.7 Å². The largest absolute Gasteiger partial charge is 0.462 e. The zero-order chi connectivity index (χ0) is 35.0. The first-order valence-electron chi connectivity index (χ1n) is 20.2. The van der Waals surface area contributed by atoms with Crippen molar-refractivity contribution in [2.24, 2.45) is 0 Å². The monoisotopic (exact) mass is 673 g/mol. The van der Waals surface area contributed by atoms with Crippen LogP contribution in [0.2, 0.25) is 0 Å². The molecule has 0 unspecified atom stereocenters. The first kappa shape index (κ1) is 45.9. The number of carbonyl (C=O) groups is 2. The molecule has 5 nitrogen and oxygen atoms in total. The quantitative estimate of drug-likeness (QED) is 0.0407. The van der Waals surface area contributed by atoms with Gasteiger partial charge in [-0.3, -0.25) is 9.59 Å². The zero-order valence-electron chi connectivity index (χ0n) is 31.5.